The zero-order valence-corrected chi connectivity index (χ0v) is 37.0. The maximum Gasteiger partial charge on any atom is 0.126 e. The number of halogens is 2. The van der Waals surface area contributed by atoms with Crippen LogP contribution in [0.5, 0.6) is 0 Å². The largest absolute Gasteiger partial charge is 0.306 e. The van der Waals surface area contributed by atoms with Gasteiger partial charge in [-0.1, -0.05) is 0 Å². The summed E-state index contributed by atoms with van der Waals surface area (Å²) in [5, 5.41) is 16.3. The average molecular weight is 770 g/mol. The Morgan fingerprint density at radius 1 is 0.362 bits per heavy atom. The van der Waals surface area contributed by atoms with Crippen molar-refractivity contribution in [3.8, 4) is 28.6 Å². The summed E-state index contributed by atoms with van der Waals surface area (Å²) in [6.45, 7) is 35.4. The second-order valence-corrected chi connectivity index (χ2v) is 17.2. The smallest absolute Gasteiger partial charge is 0.126 e. The Bertz CT molecular complexity index is 3070. The van der Waals surface area contributed by atoms with Crippen LogP contribution in [0, 0.1) is 134 Å². The number of aryl methyl sites for hydroxylation is 8. The van der Waals surface area contributed by atoms with E-state index in [9.17, 15) is 5.26 Å². The molecule has 0 saturated heterocycles. The van der Waals surface area contributed by atoms with Crippen molar-refractivity contribution in [1.82, 2.24) is 9.13 Å². The molecule has 0 aliphatic rings. The van der Waals surface area contributed by atoms with E-state index in [0.29, 0.717) is 16.7 Å². The van der Waals surface area contributed by atoms with Gasteiger partial charge in [-0.2, -0.15) is 5.26 Å². The maximum atomic E-state index is 15.1. The minimum Gasteiger partial charge on any atom is -0.306 e. The standard InChI is InChI=1S/C53H53F2N3/c1-23-27(5)35(13)49-45(31(23)9)46-32(10)24(2)28(6)36(14)50(46)57(49)44-20-39(40-18-42(54)21-43(55)19-40)17-41(22-56)53(44)58-51-37(15)29(7)25(3)33(11)47(51)48-34(12)26(4)30(8)38(16)52(48)58/h17-21H,1-16H3. The molecule has 0 radical (unpaired) electrons. The molecule has 0 N–H and O–H groups in total. The number of aromatic nitrogens is 2. The molecule has 6 aromatic carbocycles. The van der Waals surface area contributed by atoms with Crippen LogP contribution >= 0.6 is 0 Å². The molecular weight excluding hydrogens is 717 g/mol. The van der Waals surface area contributed by atoms with Crippen molar-refractivity contribution in [2.45, 2.75) is 111 Å². The van der Waals surface area contributed by atoms with Crippen LogP contribution in [0.2, 0.25) is 0 Å². The minimum absolute atomic E-state index is 0.377. The van der Waals surface area contributed by atoms with Gasteiger partial charge in [-0.25, -0.2) is 8.78 Å². The van der Waals surface area contributed by atoms with E-state index in [0.717, 1.165) is 61.8 Å². The molecule has 2 aromatic heterocycles. The van der Waals surface area contributed by atoms with Gasteiger partial charge in [-0.15, -0.1) is 0 Å². The average Bonchev–Trinajstić information content (AvgIpc) is 3.74. The van der Waals surface area contributed by atoms with Crippen molar-refractivity contribution in [2.24, 2.45) is 0 Å². The highest BCUT2D eigenvalue weighted by molar-refractivity contribution is 6.18. The number of hydrogen-bond acceptors (Lipinski definition) is 1. The Balaban J connectivity index is 1.77. The monoisotopic (exact) mass is 769 g/mol. The fourth-order valence-electron chi connectivity index (χ4n) is 10.2. The van der Waals surface area contributed by atoms with E-state index >= 15 is 8.78 Å². The third-order valence-electron chi connectivity index (χ3n) is 14.9. The first-order valence-electron chi connectivity index (χ1n) is 20.3. The van der Waals surface area contributed by atoms with Crippen molar-refractivity contribution in [3.63, 3.8) is 0 Å². The number of benzene rings is 6. The molecule has 0 atom stereocenters. The van der Waals surface area contributed by atoms with Gasteiger partial charge in [0.1, 0.15) is 17.7 Å². The molecule has 8 rings (SSSR count). The molecule has 294 valence electrons. The van der Waals surface area contributed by atoms with E-state index in [1.807, 2.05) is 6.07 Å². The van der Waals surface area contributed by atoms with Gasteiger partial charge in [-0.3, -0.25) is 0 Å². The summed E-state index contributed by atoms with van der Waals surface area (Å²) in [5.41, 5.74) is 26.7. The molecule has 5 heteroatoms. The van der Waals surface area contributed by atoms with Crippen LogP contribution in [-0.4, -0.2) is 9.13 Å². The molecule has 0 bridgehead atoms. The Morgan fingerprint density at radius 2 is 0.655 bits per heavy atom. The minimum atomic E-state index is -0.664. The molecule has 0 aliphatic heterocycles. The SMILES string of the molecule is Cc1c(C)c(C)c2c(c1C)c1c(C)c(C)c(C)c(C)c1n2-c1cc(-c2cc(F)cc(F)c2)cc(C#N)c1-n1c2c(C)c(C)c(C)c(C)c2c2c(C)c(C)c(C)c(C)c21. The first-order valence-corrected chi connectivity index (χ1v) is 20.3. The second kappa shape index (κ2) is 13.1. The fourth-order valence-corrected chi connectivity index (χ4v) is 10.2. The van der Waals surface area contributed by atoms with Crippen molar-refractivity contribution < 1.29 is 8.78 Å². The van der Waals surface area contributed by atoms with E-state index in [1.54, 1.807) is 0 Å². The molecule has 0 aliphatic carbocycles. The summed E-state index contributed by atoms with van der Waals surface area (Å²) in [6, 6.07) is 10.2. The van der Waals surface area contributed by atoms with Gasteiger partial charge >= 0.3 is 0 Å². The highest BCUT2D eigenvalue weighted by Crippen LogP contribution is 2.49. The molecule has 0 spiro atoms. The Morgan fingerprint density at radius 3 is 0.983 bits per heavy atom. The topological polar surface area (TPSA) is 33.6 Å². The fraction of sp³-hybridized carbons (Fsp3) is 0.302. The third kappa shape index (κ3) is 5.00. The maximum absolute atomic E-state index is 15.1. The zero-order chi connectivity index (χ0) is 42.3. The Labute approximate surface area is 341 Å². The number of nitriles is 1. The number of nitrogens with zero attached hydrogens (tertiary/aromatic N) is 3. The van der Waals surface area contributed by atoms with E-state index in [2.05, 4.69) is 132 Å². The lowest BCUT2D eigenvalue weighted by atomic mass is 9.90. The first kappa shape index (κ1) is 39.1. The van der Waals surface area contributed by atoms with Gasteiger partial charge in [-0.05, 0) is 235 Å². The predicted molar refractivity (Wildman–Crippen MR) is 241 cm³/mol. The van der Waals surface area contributed by atoms with Crippen LogP contribution < -0.4 is 0 Å². The zero-order valence-electron chi connectivity index (χ0n) is 37.0. The third-order valence-corrected chi connectivity index (χ3v) is 14.9. The van der Waals surface area contributed by atoms with Crippen LogP contribution in [0.4, 0.5) is 8.78 Å². The summed E-state index contributed by atoms with van der Waals surface area (Å²) >= 11 is 0. The van der Waals surface area contributed by atoms with Gasteiger partial charge in [0.25, 0.3) is 0 Å². The lowest BCUT2D eigenvalue weighted by Crippen LogP contribution is -2.10. The van der Waals surface area contributed by atoms with Gasteiger partial charge in [0.05, 0.1) is 39.0 Å². The molecule has 8 aromatic rings. The summed E-state index contributed by atoms with van der Waals surface area (Å²) in [6.07, 6.45) is 0. The van der Waals surface area contributed by atoms with E-state index in [4.69, 9.17) is 0 Å². The van der Waals surface area contributed by atoms with Crippen molar-refractivity contribution in [1.29, 1.82) is 5.26 Å². The number of rotatable bonds is 3. The van der Waals surface area contributed by atoms with Crippen LogP contribution in [0.3, 0.4) is 0 Å². The van der Waals surface area contributed by atoms with E-state index in [-0.39, 0.29) is 0 Å². The van der Waals surface area contributed by atoms with Crippen LogP contribution in [0.1, 0.15) is 94.6 Å². The summed E-state index contributed by atoms with van der Waals surface area (Å²) < 4.78 is 35.0. The lowest BCUT2D eigenvalue weighted by Gasteiger charge is -2.24. The van der Waals surface area contributed by atoms with Crippen LogP contribution in [-0.2, 0) is 0 Å². The van der Waals surface area contributed by atoms with Gasteiger partial charge in [0.15, 0.2) is 0 Å². The molecule has 0 saturated carbocycles. The van der Waals surface area contributed by atoms with Crippen molar-refractivity contribution >= 4 is 43.6 Å². The molecule has 0 unspecified atom stereocenters. The highest BCUT2D eigenvalue weighted by atomic mass is 19.1. The second-order valence-electron chi connectivity index (χ2n) is 17.2. The van der Waals surface area contributed by atoms with Gasteiger partial charge in [0, 0.05) is 27.6 Å². The normalized spacial score (nSPS) is 11.9. The van der Waals surface area contributed by atoms with E-state index in [1.165, 1.54) is 100 Å². The highest BCUT2D eigenvalue weighted by Gasteiger charge is 2.31. The predicted octanol–water partition coefficient (Wildman–Crippen LogP) is 14.6. The van der Waals surface area contributed by atoms with Crippen molar-refractivity contribution in [3.05, 3.63) is 137 Å². The number of hydrogen-bond donors (Lipinski definition) is 0. The van der Waals surface area contributed by atoms with Gasteiger partial charge < -0.3 is 9.13 Å². The van der Waals surface area contributed by atoms with E-state index < -0.39 is 11.6 Å². The van der Waals surface area contributed by atoms with Crippen LogP contribution in [0.25, 0.3) is 66.1 Å². The molecule has 3 nitrogen and oxygen atoms in total. The molecule has 58 heavy (non-hydrogen) atoms. The Hall–Kier alpha value is -5.73. The van der Waals surface area contributed by atoms with Crippen LogP contribution in [0.15, 0.2) is 30.3 Å². The Kier molecular flexibility index (Phi) is 8.87. The molecule has 0 fully saturated rings. The summed E-state index contributed by atoms with van der Waals surface area (Å²) in [4.78, 5) is 0. The van der Waals surface area contributed by atoms with Crippen molar-refractivity contribution in [2.75, 3.05) is 0 Å². The summed E-state index contributed by atoms with van der Waals surface area (Å²) in [7, 11) is 0. The number of fused-ring (bicyclic) bond motifs is 6. The summed E-state index contributed by atoms with van der Waals surface area (Å²) in [5.74, 6) is -1.33. The lowest BCUT2D eigenvalue weighted by molar-refractivity contribution is 0.584. The molecule has 0 amide bonds. The quantitative estimate of drug-likeness (QED) is 0.176. The molecule has 2 heterocycles. The van der Waals surface area contributed by atoms with Gasteiger partial charge in [0.2, 0.25) is 0 Å². The molecular formula is C53H53F2N3. The first-order chi connectivity index (χ1) is 27.3.